The average Bonchev–Trinajstić information content (AvgIpc) is 3.00. The molecule has 0 unspecified atom stereocenters. The summed E-state index contributed by atoms with van der Waals surface area (Å²) in [5, 5.41) is 2.96. The van der Waals surface area contributed by atoms with Gasteiger partial charge in [0.15, 0.2) is 5.96 Å². The maximum atomic E-state index is 14.5. The van der Waals surface area contributed by atoms with E-state index >= 15 is 0 Å². The van der Waals surface area contributed by atoms with Crippen LogP contribution in [0.15, 0.2) is 89.9 Å². The van der Waals surface area contributed by atoms with Crippen LogP contribution in [0.2, 0.25) is 0 Å². The van der Waals surface area contributed by atoms with Gasteiger partial charge < -0.3 is 32.3 Å². The molecule has 1 atom stereocenters. The van der Waals surface area contributed by atoms with E-state index in [-0.39, 0.29) is 30.7 Å². The molecular formula is C34H45N7O3. The normalized spacial score (nSPS) is 11.6. The van der Waals surface area contributed by atoms with E-state index in [1.807, 2.05) is 99.0 Å². The van der Waals surface area contributed by atoms with Crippen molar-refractivity contribution in [3.05, 3.63) is 107 Å². The summed E-state index contributed by atoms with van der Waals surface area (Å²) in [4.78, 5) is 47.5. The van der Waals surface area contributed by atoms with Crippen molar-refractivity contribution in [2.45, 2.75) is 44.2 Å². The van der Waals surface area contributed by atoms with Gasteiger partial charge >= 0.3 is 0 Å². The summed E-state index contributed by atoms with van der Waals surface area (Å²) in [5.41, 5.74) is 20.2. The number of hydrogen-bond donors (Lipinski definition) is 4. The number of nitrogens with two attached hydrogens (primary N) is 3. The number of nitrogens with one attached hydrogen (secondary N) is 1. The number of rotatable bonds is 17. The average molecular weight is 600 g/mol. The first-order valence-corrected chi connectivity index (χ1v) is 14.9. The zero-order valence-electron chi connectivity index (χ0n) is 25.7. The van der Waals surface area contributed by atoms with Crippen LogP contribution in [0.3, 0.4) is 0 Å². The van der Waals surface area contributed by atoms with Crippen molar-refractivity contribution < 1.29 is 14.4 Å². The number of aliphatic imine (C=N–C) groups is 1. The number of hydrogen-bond acceptors (Lipinski definition) is 5. The molecule has 3 aromatic carbocycles. The number of carbonyl (C=O) groups is 3. The Bertz CT molecular complexity index is 1320. The summed E-state index contributed by atoms with van der Waals surface area (Å²) in [5.74, 6) is -1.58. The van der Waals surface area contributed by atoms with Crippen LogP contribution in [0.1, 0.15) is 47.4 Å². The van der Waals surface area contributed by atoms with Crippen LogP contribution in [0.5, 0.6) is 0 Å². The van der Waals surface area contributed by atoms with Gasteiger partial charge in [0.25, 0.3) is 0 Å². The summed E-state index contributed by atoms with van der Waals surface area (Å²) in [7, 11) is 4.00. The van der Waals surface area contributed by atoms with Crippen molar-refractivity contribution in [1.82, 2.24) is 15.1 Å². The van der Waals surface area contributed by atoms with Crippen molar-refractivity contribution in [3.8, 4) is 0 Å². The Morgan fingerprint density at radius 3 is 1.89 bits per heavy atom. The maximum absolute atomic E-state index is 14.5. The van der Waals surface area contributed by atoms with Gasteiger partial charge in [-0.05, 0) is 62.2 Å². The number of carbonyl (C=O) groups excluding carboxylic acids is 3. The van der Waals surface area contributed by atoms with Gasteiger partial charge in [-0.1, -0.05) is 84.9 Å². The molecule has 0 radical (unpaired) electrons. The minimum absolute atomic E-state index is 0.0379. The standard InChI is InChI=1S/C34H45N7O3/c1-40(2)22-10-21-38-30(42)23-25-16-18-26(19-17-25)24-41(29(32(35)43)15-9-20-39-34(36)37)33(44)31(27-11-5-3-6-12-27)28-13-7-4-8-14-28/h3-8,11-14,16-19,29,31H,9-10,15,20-24H2,1-2H3,(H2,35,43)(H,38,42)(H4,36,37,39)/t29-/m1/s1. The Kier molecular flexibility index (Phi) is 13.4. The molecule has 10 heteroatoms. The molecule has 0 aromatic heterocycles. The Labute approximate surface area is 260 Å². The Morgan fingerprint density at radius 2 is 1.36 bits per heavy atom. The van der Waals surface area contributed by atoms with Crippen LogP contribution in [-0.2, 0) is 27.3 Å². The van der Waals surface area contributed by atoms with Gasteiger partial charge in [-0.15, -0.1) is 0 Å². The molecule has 10 nitrogen and oxygen atoms in total. The van der Waals surface area contributed by atoms with Gasteiger partial charge in [-0.2, -0.15) is 0 Å². The van der Waals surface area contributed by atoms with Crippen LogP contribution in [-0.4, -0.2) is 73.3 Å². The van der Waals surface area contributed by atoms with E-state index in [1.165, 1.54) is 0 Å². The zero-order chi connectivity index (χ0) is 31.9. The van der Waals surface area contributed by atoms with Crippen LogP contribution >= 0.6 is 0 Å². The highest BCUT2D eigenvalue weighted by molar-refractivity contribution is 5.92. The van der Waals surface area contributed by atoms with Gasteiger partial charge in [-0.25, -0.2) is 0 Å². The quantitative estimate of drug-likeness (QED) is 0.106. The number of amides is 3. The second kappa shape index (κ2) is 17.4. The summed E-state index contributed by atoms with van der Waals surface area (Å²) in [6.07, 6.45) is 1.88. The molecule has 7 N–H and O–H groups in total. The highest BCUT2D eigenvalue weighted by Gasteiger charge is 2.34. The van der Waals surface area contributed by atoms with E-state index in [0.29, 0.717) is 25.9 Å². The molecule has 0 saturated carbocycles. The fraction of sp³-hybridized carbons (Fsp3) is 0.353. The minimum Gasteiger partial charge on any atom is -0.370 e. The predicted molar refractivity (Wildman–Crippen MR) is 174 cm³/mol. The van der Waals surface area contributed by atoms with Gasteiger partial charge in [0, 0.05) is 19.6 Å². The molecular weight excluding hydrogens is 554 g/mol. The SMILES string of the molecule is CN(C)CCCNC(=O)Cc1ccc(CN(C(=O)C(c2ccccc2)c2ccccc2)[C@H](CCCN=C(N)N)C(N)=O)cc1. The number of primary amides is 1. The molecule has 0 aliphatic heterocycles. The minimum atomic E-state index is -0.890. The van der Waals surface area contributed by atoms with E-state index in [4.69, 9.17) is 17.2 Å². The smallest absolute Gasteiger partial charge is 0.240 e. The first kappa shape index (κ1) is 33.8. The van der Waals surface area contributed by atoms with Crippen molar-refractivity contribution in [1.29, 1.82) is 0 Å². The molecule has 0 bridgehead atoms. The third kappa shape index (κ3) is 10.9. The highest BCUT2D eigenvalue weighted by atomic mass is 16.2. The van der Waals surface area contributed by atoms with Crippen LogP contribution in [0.25, 0.3) is 0 Å². The molecule has 0 spiro atoms. The van der Waals surface area contributed by atoms with Crippen molar-refractivity contribution in [3.63, 3.8) is 0 Å². The molecule has 3 amide bonds. The van der Waals surface area contributed by atoms with Crippen LogP contribution in [0.4, 0.5) is 0 Å². The van der Waals surface area contributed by atoms with Gasteiger partial charge in [-0.3, -0.25) is 19.4 Å². The second-order valence-electron chi connectivity index (χ2n) is 11.1. The summed E-state index contributed by atoms with van der Waals surface area (Å²) in [6, 6.07) is 25.6. The lowest BCUT2D eigenvalue weighted by atomic mass is 9.89. The third-order valence-corrected chi connectivity index (χ3v) is 7.28. The summed E-state index contributed by atoms with van der Waals surface area (Å²) in [6.45, 7) is 1.98. The molecule has 0 aliphatic carbocycles. The van der Waals surface area contributed by atoms with Crippen molar-refractivity contribution in [2.75, 3.05) is 33.7 Å². The lowest BCUT2D eigenvalue weighted by Crippen LogP contribution is -2.49. The summed E-state index contributed by atoms with van der Waals surface area (Å²) < 4.78 is 0. The van der Waals surface area contributed by atoms with E-state index in [9.17, 15) is 14.4 Å². The molecule has 44 heavy (non-hydrogen) atoms. The van der Waals surface area contributed by atoms with Crippen molar-refractivity contribution >= 4 is 23.7 Å². The first-order chi connectivity index (χ1) is 21.2. The number of benzene rings is 3. The lowest BCUT2D eigenvalue weighted by molar-refractivity contribution is -0.141. The molecule has 3 aromatic rings. The fourth-order valence-corrected chi connectivity index (χ4v) is 5.05. The topological polar surface area (TPSA) is 160 Å². The van der Waals surface area contributed by atoms with Crippen LogP contribution in [0, 0.1) is 0 Å². The molecule has 234 valence electrons. The zero-order valence-corrected chi connectivity index (χ0v) is 25.7. The molecule has 0 heterocycles. The number of nitrogens with zero attached hydrogens (tertiary/aromatic N) is 3. The Morgan fingerprint density at radius 1 is 0.795 bits per heavy atom. The lowest BCUT2D eigenvalue weighted by Gasteiger charge is -2.33. The fourth-order valence-electron chi connectivity index (χ4n) is 5.05. The van der Waals surface area contributed by atoms with Gasteiger partial charge in [0.2, 0.25) is 17.7 Å². The molecule has 0 aliphatic rings. The van der Waals surface area contributed by atoms with Gasteiger partial charge in [0.05, 0.1) is 12.3 Å². The third-order valence-electron chi connectivity index (χ3n) is 7.28. The first-order valence-electron chi connectivity index (χ1n) is 14.9. The van der Waals surface area contributed by atoms with Crippen molar-refractivity contribution in [2.24, 2.45) is 22.2 Å². The van der Waals surface area contributed by atoms with E-state index in [0.717, 1.165) is 35.2 Å². The largest absolute Gasteiger partial charge is 0.370 e. The Balaban J connectivity index is 1.87. The molecule has 0 fully saturated rings. The monoisotopic (exact) mass is 599 g/mol. The van der Waals surface area contributed by atoms with E-state index in [1.54, 1.807) is 4.90 Å². The second-order valence-corrected chi connectivity index (χ2v) is 11.1. The van der Waals surface area contributed by atoms with E-state index < -0.39 is 17.9 Å². The Hall–Kier alpha value is -4.70. The number of guanidine groups is 1. The van der Waals surface area contributed by atoms with E-state index in [2.05, 4.69) is 15.2 Å². The molecule has 3 rings (SSSR count). The van der Waals surface area contributed by atoms with Gasteiger partial charge in [0.1, 0.15) is 6.04 Å². The van der Waals surface area contributed by atoms with Crippen LogP contribution < -0.4 is 22.5 Å². The maximum Gasteiger partial charge on any atom is 0.240 e. The molecule has 0 saturated heterocycles. The predicted octanol–water partition coefficient (Wildman–Crippen LogP) is 2.37. The highest BCUT2D eigenvalue weighted by Crippen LogP contribution is 2.29. The summed E-state index contributed by atoms with van der Waals surface area (Å²) >= 11 is 0.